The van der Waals surface area contributed by atoms with Crippen molar-refractivity contribution in [3.63, 3.8) is 0 Å². The van der Waals surface area contributed by atoms with E-state index in [0.29, 0.717) is 6.61 Å². The molecule has 1 rings (SSSR count). The van der Waals surface area contributed by atoms with E-state index in [1.165, 1.54) is 122 Å². The minimum atomic E-state index is -4.43. The average Bonchev–Trinajstić information content (AvgIpc) is 2.95. The molecular weight excluding hydrogens is 563 g/mol. The minimum Gasteiger partial charge on any atom is -0.748 e. The van der Waals surface area contributed by atoms with E-state index in [9.17, 15) is 22.6 Å². The van der Waals surface area contributed by atoms with Crippen LogP contribution >= 0.6 is 0 Å². The molecule has 0 bridgehead atoms. The molecule has 0 saturated carbocycles. The van der Waals surface area contributed by atoms with Crippen molar-refractivity contribution in [2.45, 2.75) is 148 Å². The van der Waals surface area contributed by atoms with Gasteiger partial charge in [-0.05, 0) is 31.9 Å². The van der Waals surface area contributed by atoms with Crippen LogP contribution in [0.2, 0.25) is 0 Å². The van der Waals surface area contributed by atoms with E-state index in [4.69, 9.17) is 9.47 Å². The molecular formula is C33H55NaO7S. The number of carbonyl (C=O) groups excluding carboxylic acids is 2. The van der Waals surface area contributed by atoms with E-state index < -0.39 is 27.3 Å². The Hall–Kier alpha value is -0.930. The first-order valence-corrected chi connectivity index (χ1v) is 17.6. The number of hydrogen-bond donors (Lipinski definition) is 0. The summed E-state index contributed by atoms with van der Waals surface area (Å²) in [6, 6.07) is 6.21. The third kappa shape index (κ3) is 20.9. The van der Waals surface area contributed by atoms with Crippen LogP contribution in [-0.4, -0.2) is 43.4 Å². The number of ether oxygens (including phenoxy) is 2. The largest absolute Gasteiger partial charge is 1.00 e. The zero-order valence-corrected chi connectivity index (χ0v) is 29.5. The Morgan fingerprint density at radius 3 is 1.33 bits per heavy atom. The summed E-state index contributed by atoms with van der Waals surface area (Å²) in [5.74, 6) is -1.34. The topological polar surface area (TPSA) is 110 Å². The zero-order valence-electron chi connectivity index (χ0n) is 26.7. The maximum atomic E-state index is 12.5. The van der Waals surface area contributed by atoms with Gasteiger partial charge in [0.15, 0.2) is 0 Å². The summed E-state index contributed by atoms with van der Waals surface area (Å²) in [5.41, 5.74) is 0.170. The van der Waals surface area contributed by atoms with Crippen molar-refractivity contribution in [1.82, 2.24) is 0 Å². The summed E-state index contributed by atoms with van der Waals surface area (Å²) in [6.07, 6.45) is 24.6. The molecule has 0 fully saturated rings. The van der Waals surface area contributed by atoms with Crippen LogP contribution in [0.4, 0.5) is 0 Å². The number of carbonyl (C=O) groups is 2. The van der Waals surface area contributed by atoms with Crippen molar-refractivity contribution in [2.75, 3.05) is 13.2 Å². The third-order valence-electron chi connectivity index (χ3n) is 7.60. The Kier molecular flexibility index (Phi) is 25.9. The van der Waals surface area contributed by atoms with Gasteiger partial charge in [-0.1, -0.05) is 135 Å². The number of rotatable bonds is 26. The molecule has 42 heavy (non-hydrogen) atoms. The fourth-order valence-corrected chi connectivity index (χ4v) is 5.19. The van der Waals surface area contributed by atoms with Crippen molar-refractivity contribution >= 4 is 22.1 Å². The molecule has 7 nitrogen and oxygen atoms in total. The molecule has 0 amide bonds. The predicted octanol–water partition coefficient (Wildman–Crippen LogP) is 5.76. The number of hydrogen-bond acceptors (Lipinski definition) is 7. The molecule has 1 aromatic rings. The number of esters is 2. The molecule has 0 aliphatic carbocycles. The van der Waals surface area contributed by atoms with Gasteiger partial charge in [-0.2, -0.15) is 0 Å². The molecule has 0 radical (unpaired) electrons. The summed E-state index contributed by atoms with van der Waals surface area (Å²) in [7, 11) is -4.43. The molecule has 0 spiro atoms. The van der Waals surface area contributed by atoms with E-state index >= 15 is 0 Å². The molecule has 0 heterocycles. The van der Waals surface area contributed by atoms with Gasteiger partial charge < -0.3 is 14.0 Å². The van der Waals surface area contributed by atoms with Gasteiger partial charge >= 0.3 is 41.5 Å². The Bertz CT molecular complexity index is 936. The molecule has 0 saturated heterocycles. The van der Waals surface area contributed by atoms with Crippen LogP contribution < -0.4 is 29.6 Å². The first-order chi connectivity index (χ1) is 19.8. The number of unbranched alkanes of at least 4 members (excludes halogenated alkanes) is 18. The summed E-state index contributed by atoms with van der Waals surface area (Å²) in [4.78, 5) is 24.9. The quantitative estimate of drug-likeness (QED) is 0.0562. The summed E-state index contributed by atoms with van der Waals surface area (Å²) in [5, 5.41) is -1.16. The Balaban J connectivity index is 0.0000168. The molecule has 1 aromatic carbocycles. The fourth-order valence-electron chi connectivity index (χ4n) is 4.80. The van der Waals surface area contributed by atoms with Crippen LogP contribution in [-0.2, 0) is 19.6 Å². The van der Waals surface area contributed by atoms with E-state index in [2.05, 4.69) is 6.92 Å². The van der Waals surface area contributed by atoms with Gasteiger partial charge in [-0.15, -0.1) is 0 Å². The normalized spacial score (nSPS) is 12.0. The molecule has 0 aromatic heterocycles. The van der Waals surface area contributed by atoms with Crippen molar-refractivity contribution in [1.29, 1.82) is 0 Å². The van der Waals surface area contributed by atoms with Gasteiger partial charge in [0.1, 0.15) is 0 Å². The van der Waals surface area contributed by atoms with E-state index in [0.717, 1.165) is 19.3 Å². The molecule has 236 valence electrons. The van der Waals surface area contributed by atoms with Crippen molar-refractivity contribution in [3.8, 4) is 0 Å². The average molecular weight is 619 g/mol. The maximum absolute atomic E-state index is 12.5. The van der Waals surface area contributed by atoms with Crippen LogP contribution in [0, 0.1) is 0 Å². The first kappa shape index (κ1) is 41.1. The minimum absolute atomic E-state index is 0. The van der Waals surface area contributed by atoms with Crippen LogP contribution in [0.3, 0.4) is 0 Å². The maximum Gasteiger partial charge on any atom is 1.00 e. The van der Waals surface area contributed by atoms with Gasteiger partial charge in [-0.25, -0.2) is 18.0 Å². The van der Waals surface area contributed by atoms with E-state index in [1.807, 2.05) is 0 Å². The summed E-state index contributed by atoms with van der Waals surface area (Å²) >= 11 is 0. The second kappa shape index (κ2) is 26.5. The smallest absolute Gasteiger partial charge is 0.748 e. The van der Waals surface area contributed by atoms with Gasteiger partial charge in [-0.3, -0.25) is 0 Å². The van der Waals surface area contributed by atoms with Gasteiger partial charge in [0.2, 0.25) is 0 Å². The summed E-state index contributed by atoms with van der Waals surface area (Å²) < 4.78 is 43.4. The van der Waals surface area contributed by atoms with Crippen LogP contribution in [0.25, 0.3) is 0 Å². The molecule has 0 aliphatic heterocycles. The summed E-state index contributed by atoms with van der Waals surface area (Å²) in [6.45, 7) is 3.59. The van der Waals surface area contributed by atoms with Crippen molar-refractivity contribution in [3.05, 3.63) is 35.4 Å². The van der Waals surface area contributed by atoms with Crippen LogP contribution in [0.5, 0.6) is 0 Å². The van der Waals surface area contributed by atoms with Gasteiger partial charge in [0.25, 0.3) is 0 Å². The Labute approximate surface area is 278 Å². The SMILES string of the molecule is CCCCCCCCCCCCCCCCCCCCCOC(=O)c1ccccc1C(=O)OCCC(C)S(=O)(=O)[O-].[Na+]. The monoisotopic (exact) mass is 618 g/mol. The fraction of sp³-hybridized carbons (Fsp3) is 0.758. The third-order valence-corrected chi connectivity index (χ3v) is 8.82. The second-order valence-electron chi connectivity index (χ2n) is 11.3. The zero-order chi connectivity index (χ0) is 30.2. The molecule has 1 atom stereocenters. The number of benzene rings is 1. The molecule has 1 unspecified atom stereocenters. The standard InChI is InChI=1S/C33H56O7S.Na/c1-3-4-5-6-7-8-9-10-11-12-13-14-15-16-17-18-19-20-23-27-39-32(34)30-24-21-22-25-31(30)33(35)40-28-26-29(2)41(36,37)38;/h21-22,24-25,29H,3-20,23,26-28H2,1-2H3,(H,36,37,38);/q;+1/p-1. The molecule has 9 heteroatoms. The van der Waals surface area contributed by atoms with Crippen molar-refractivity contribution < 1.29 is 61.6 Å². The Morgan fingerprint density at radius 2 is 0.976 bits per heavy atom. The second-order valence-corrected chi connectivity index (χ2v) is 13.1. The molecule has 0 aliphatic rings. The van der Waals surface area contributed by atoms with Crippen LogP contribution in [0.1, 0.15) is 163 Å². The first-order valence-electron chi connectivity index (χ1n) is 16.1. The predicted molar refractivity (Wildman–Crippen MR) is 164 cm³/mol. The van der Waals surface area contributed by atoms with Gasteiger partial charge in [0, 0.05) is 5.25 Å². The van der Waals surface area contributed by atoms with E-state index in [-0.39, 0.29) is 53.7 Å². The molecule has 0 N–H and O–H groups in total. The van der Waals surface area contributed by atoms with Gasteiger partial charge in [0.05, 0.1) is 34.5 Å². The van der Waals surface area contributed by atoms with Crippen molar-refractivity contribution in [2.24, 2.45) is 0 Å². The Morgan fingerprint density at radius 1 is 0.643 bits per heavy atom. The van der Waals surface area contributed by atoms with E-state index in [1.54, 1.807) is 12.1 Å². The van der Waals surface area contributed by atoms with Crippen LogP contribution in [0.15, 0.2) is 24.3 Å².